The van der Waals surface area contributed by atoms with Crippen molar-refractivity contribution in [2.24, 2.45) is 0 Å². The summed E-state index contributed by atoms with van der Waals surface area (Å²) in [7, 11) is 4.63. The largest absolute Gasteiger partial charge is 0.493 e. The molecule has 0 bridgehead atoms. The number of benzene rings is 2. The van der Waals surface area contributed by atoms with E-state index in [4.69, 9.17) is 14.2 Å². The van der Waals surface area contributed by atoms with Crippen LogP contribution >= 0.6 is 0 Å². The number of likely N-dealkylation sites (N-methyl/N-ethyl adjacent to an activating group) is 1. The molecule has 24 heavy (non-hydrogen) atoms. The van der Waals surface area contributed by atoms with Crippen LogP contribution in [0.3, 0.4) is 0 Å². The first-order chi connectivity index (χ1) is 11.6. The summed E-state index contributed by atoms with van der Waals surface area (Å²) in [6.45, 7) is 0.140. The summed E-state index contributed by atoms with van der Waals surface area (Å²) < 4.78 is 30.2. The predicted octanol–water partition coefficient (Wildman–Crippen LogP) is 2.79. The van der Waals surface area contributed by atoms with Crippen molar-refractivity contribution in [1.82, 2.24) is 5.32 Å². The molecule has 0 aromatic heterocycles. The summed E-state index contributed by atoms with van der Waals surface area (Å²) >= 11 is 0. The van der Waals surface area contributed by atoms with Crippen LogP contribution in [0.4, 0.5) is 10.1 Å². The van der Waals surface area contributed by atoms with E-state index >= 15 is 0 Å². The topological polar surface area (TPSA) is 68.8 Å². The van der Waals surface area contributed by atoms with Gasteiger partial charge in [-0.15, -0.1) is 0 Å². The van der Waals surface area contributed by atoms with Gasteiger partial charge in [0.1, 0.15) is 0 Å². The number of nitrogens with one attached hydrogen (secondary N) is 2. The zero-order chi connectivity index (χ0) is 17.5. The van der Waals surface area contributed by atoms with Crippen LogP contribution in [0.2, 0.25) is 0 Å². The molecule has 2 rings (SSSR count). The van der Waals surface area contributed by atoms with Gasteiger partial charge in [-0.1, -0.05) is 6.07 Å². The lowest BCUT2D eigenvalue weighted by Gasteiger charge is -2.14. The molecule has 0 spiro atoms. The molecular weight excluding hydrogens is 315 g/mol. The smallest absolute Gasteiger partial charge is 0.238 e. The first kappa shape index (κ1) is 17.6. The molecule has 6 nitrogen and oxygen atoms in total. The number of anilines is 1. The maximum Gasteiger partial charge on any atom is 0.238 e. The van der Waals surface area contributed by atoms with Gasteiger partial charge in [-0.25, -0.2) is 4.39 Å². The van der Waals surface area contributed by atoms with Gasteiger partial charge in [-0.3, -0.25) is 4.79 Å². The standard InChI is InChI=1S/C17H19FN2O4/c1-19-10-16(21)20-11-7-8-13(12(18)9-11)24-15-6-4-5-14(22-2)17(15)23-3/h4-9,19H,10H2,1-3H3,(H,20,21). The SMILES string of the molecule is CNCC(=O)Nc1ccc(Oc2cccc(OC)c2OC)c(F)c1. The first-order valence-corrected chi connectivity index (χ1v) is 7.22. The molecule has 0 saturated heterocycles. The van der Waals surface area contributed by atoms with Crippen LogP contribution in [-0.4, -0.2) is 33.7 Å². The molecule has 128 valence electrons. The highest BCUT2D eigenvalue weighted by molar-refractivity contribution is 5.92. The second-order valence-electron chi connectivity index (χ2n) is 4.82. The average molecular weight is 334 g/mol. The van der Waals surface area contributed by atoms with Gasteiger partial charge in [-0.05, 0) is 31.3 Å². The second kappa shape index (κ2) is 8.16. The van der Waals surface area contributed by atoms with E-state index in [0.717, 1.165) is 0 Å². The fourth-order valence-electron chi connectivity index (χ4n) is 2.08. The minimum absolute atomic E-state index is 0.00756. The summed E-state index contributed by atoms with van der Waals surface area (Å²) in [5.74, 6) is 0.301. The maximum absolute atomic E-state index is 14.2. The Balaban J connectivity index is 2.21. The number of ether oxygens (including phenoxy) is 3. The molecule has 0 atom stereocenters. The van der Waals surface area contributed by atoms with E-state index in [0.29, 0.717) is 22.9 Å². The molecule has 0 aliphatic rings. The second-order valence-corrected chi connectivity index (χ2v) is 4.82. The molecule has 0 unspecified atom stereocenters. The van der Waals surface area contributed by atoms with E-state index in [-0.39, 0.29) is 18.2 Å². The van der Waals surface area contributed by atoms with Crippen LogP contribution in [-0.2, 0) is 4.79 Å². The number of amides is 1. The van der Waals surface area contributed by atoms with Crippen molar-refractivity contribution >= 4 is 11.6 Å². The van der Waals surface area contributed by atoms with Crippen molar-refractivity contribution < 1.29 is 23.4 Å². The average Bonchev–Trinajstić information content (AvgIpc) is 2.57. The zero-order valence-corrected chi connectivity index (χ0v) is 13.7. The molecule has 2 aromatic carbocycles. The Morgan fingerprint density at radius 1 is 1.08 bits per heavy atom. The monoisotopic (exact) mass is 334 g/mol. The lowest BCUT2D eigenvalue weighted by atomic mass is 10.2. The number of halogens is 1. The van der Waals surface area contributed by atoms with Crippen LogP contribution in [0, 0.1) is 5.82 Å². The summed E-state index contributed by atoms with van der Waals surface area (Å²) in [5, 5.41) is 5.29. The van der Waals surface area contributed by atoms with Crippen molar-refractivity contribution in [3.8, 4) is 23.0 Å². The third-order valence-electron chi connectivity index (χ3n) is 3.14. The number of rotatable bonds is 7. The van der Waals surface area contributed by atoms with Crippen molar-refractivity contribution in [3.05, 3.63) is 42.2 Å². The molecular formula is C17H19FN2O4. The summed E-state index contributed by atoms with van der Waals surface area (Å²) in [6, 6.07) is 9.24. The quantitative estimate of drug-likeness (QED) is 0.815. The van der Waals surface area contributed by atoms with Gasteiger partial charge in [0.05, 0.1) is 20.8 Å². The Bertz CT molecular complexity index is 722. The van der Waals surface area contributed by atoms with Crippen LogP contribution < -0.4 is 24.8 Å². The van der Waals surface area contributed by atoms with Crippen molar-refractivity contribution in [3.63, 3.8) is 0 Å². The number of hydrogen-bond acceptors (Lipinski definition) is 5. The molecule has 0 fully saturated rings. The van der Waals surface area contributed by atoms with Gasteiger partial charge in [0, 0.05) is 11.8 Å². The van der Waals surface area contributed by atoms with Gasteiger partial charge in [0.2, 0.25) is 11.7 Å². The molecule has 2 aromatic rings. The maximum atomic E-state index is 14.2. The molecule has 1 amide bonds. The molecule has 2 N–H and O–H groups in total. The van der Waals surface area contributed by atoms with Crippen LogP contribution in [0.1, 0.15) is 0 Å². The first-order valence-electron chi connectivity index (χ1n) is 7.22. The van der Waals surface area contributed by atoms with Crippen LogP contribution in [0.25, 0.3) is 0 Å². The number of carbonyl (C=O) groups excluding carboxylic acids is 1. The highest BCUT2D eigenvalue weighted by atomic mass is 19.1. The summed E-state index contributed by atoms with van der Waals surface area (Å²) in [4.78, 5) is 11.5. The van der Waals surface area contributed by atoms with Gasteiger partial charge in [-0.2, -0.15) is 0 Å². The van der Waals surface area contributed by atoms with Gasteiger partial charge >= 0.3 is 0 Å². The van der Waals surface area contributed by atoms with Gasteiger partial charge in [0.15, 0.2) is 23.1 Å². The van der Waals surface area contributed by atoms with Crippen LogP contribution in [0.15, 0.2) is 36.4 Å². The molecule has 0 aliphatic carbocycles. The van der Waals surface area contributed by atoms with Crippen molar-refractivity contribution in [2.75, 3.05) is 33.1 Å². The Morgan fingerprint density at radius 2 is 1.83 bits per heavy atom. The van der Waals surface area contributed by atoms with E-state index in [2.05, 4.69) is 10.6 Å². The fourth-order valence-corrected chi connectivity index (χ4v) is 2.08. The van der Waals surface area contributed by atoms with E-state index < -0.39 is 5.82 Å². The molecule has 0 heterocycles. The predicted molar refractivity (Wildman–Crippen MR) is 88.6 cm³/mol. The minimum atomic E-state index is -0.609. The lowest BCUT2D eigenvalue weighted by molar-refractivity contribution is -0.115. The molecule has 7 heteroatoms. The number of carbonyl (C=O) groups is 1. The van der Waals surface area contributed by atoms with E-state index in [1.54, 1.807) is 31.3 Å². The van der Waals surface area contributed by atoms with Gasteiger partial charge < -0.3 is 24.8 Å². The Hall–Kier alpha value is -2.80. The van der Waals surface area contributed by atoms with E-state index in [1.807, 2.05) is 0 Å². The van der Waals surface area contributed by atoms with Crippen LogP contribution in [0.5, 0.6) is 23.0 Å². The zero-order valence-electron chi connectivity index (χ0n) is 13.7. The van der Waals surface area contributed by atoms with E-state index in [1.165, 1.54) is 26.4 Å². The third kappa shape index (κ3) is 4.14. The molecule has 0 saturated carbocycles. The highest BCUT2D eigenvalue weighted by Crippen LogP contribution is 2.39. The minimum Gasteiger partial charge on any atom is -0.493 e. The molecule has 0 radical (unpaired) electrons. The Morgan fingerprint density at radius 3 is 2.46 bits per heavy atom. The van der Waals surface area contributed by atoms with Gasteiger partial charge in [0.25, 0.3) is 0 Å². The van der Waals surface area contributed by atoms with E-state index in [9.17, 15) is 9.18 Å². The number of methoxy groups -OCH3 is 2. The normalized spacial score (nSPS) is 10.2. The Labute approximate surface area is 139 Å². The third-order valence-corrected chi connectivity index (χ3v) is 3.14. The number of para-hydroxylation sites is 1. The summed E-state index contributed by atoms with van der Waals surface area (Å²) in [5.41, 5.74) is 0.345. The summed E-state index contributed by atoms with van der Waals surface area (Å²) in [6.07, 6.45) is 0. The lowest BCUT2D eigenvalue weighted by Crippen LogP contribution is -2.25. The Kier molecular flexibility index (Phi) is 5.97. The van der Waals surface area contributed by atoms with Crippen molar-refractivity contribution in [1.29, 1.82) is 0 Å². The fraction of sp³-hybridized carbons (Fsp3) is 0.235. The highest BCUT2D eigenvalue weighted by Gasteiger charge is 2.14. The van der Waals surface area contributed by atoms with Crippen molar-refractivity contribution in [2.45, 2.75) is 0 Å². The molecule has 0 aliphatic heterocycles. The number of hydrogen-bond donors (Lipinski definition) is 2.